The smallest absolute Gasteiger partial charge is 0.139 e. The quantitative estimate of drug-likeness (QED) is 0.687. The molecule has 22 heavy (non-hydrogen) atoms. The minimum absolute atomic E-state index is 0.218. The lowest BCUT2D eigenvalue weighted by Crippen LogP contribution is -2.56. The molecule has 0 N–H and O–H groups in total. The predicted molar refractivity (Wildman–Crippen MR) is 82.5 cm³/mol. The van der Waals surface area contributed by atoms with Crippen LogP contribution in [0.5, 0.6) is 0 Å². The van der Waals surface area contributed by atoms with Gasteiger partial charge in [0, 0.05) is 17.8 Å². The number of rotatable bonds is 0. The molecular formula is C19H28O3. The van der Waals surface area contributed by atoms with Gasteiger partial charge >= 0.3 is 0 Å². The van der Waals surface area contributed by atoms with E-state index in [2.05, 4.69) is 0 Å². The van der Waals surface area contributed by atoms with Gasteiger partial charge in [-0.25, -0.2) is 0 Å². The Kier molecular flexibility index (Phi) is 3.37. The summed E-state index contributed by atoms with van der Waals surface area (Å²) in [6.07, 6.45) is 13.1. The molecule has 0 amide bonds. The number of carbonyl (C=O) groups excluding carboxylic acids is 1. The average molecular weight is 304 g/mol. The Morgan fingerprint density at radius 2 is 1.41 bits per heavy atom. The van der Waals surface area contributed by atoms with Gasteiger partial charge in [0.05, 0.1) is 24.4 Å². The van der Waals surface area contributed by atoms with Crippen LogP contribution >= 0.6 is 0 Å². The van der Waals surface area contributed by atoms with Crippen LogP contribution in [0.15, 0.2) is 0 Å². The highest BCUT2D eigenvalue weighted by Gasteiger charge is 2.58. The van der Waals surface area contributed by atoms with Gasteiger partial charge in [0.1, 0.15) is 5.78 Å². The topological polar surface area (TPSA) is 35.5 Å². The largest absolute Gasteiger partial charge is 0.370 e. The molecule has 5 fully saturated rings. The first-order valence-electron chi connectivity index (χ1n) is 9.67. The first-order valence-corrected chi connectivity index (χ1v) is 9.67. The van der Waals surface area contributed by atoms with Crippen molar-refractivity contribution in [3.63, 3.8) is 0 Å². The fourth-order valence-corrected chi connectivity index (χ4v) is 6.42. The van der Waals surface area contributed by atoms with Crippen molar-refractivity contribution in [1.82, 2.24) is 0 Å². The highest BCUT2D eigenvalue weighted by Crippen LogP contribution is 2.55. The molecule has 3 heteroatoms. The van der Waals surface area contributed by atoms with E-state index in [1.54, 1.807) is 0 Å². The van der Waals surface area contributed by atoms with Crippen LogP contribution in [0.25, 0.3) is 0 Å². The average Bonchev–Trinajstić information content (AvgIpc) is 2.87. The molecule has 1 aliphatic heterocycles. The van der Waals surface area contributed by atoms with E-state index in [4.69, 9.17) is 9.47 Å². The molecule has 0 aromatic heterocycles. The lowest BCUT2D eigenvalue weighted by molar-refractivity contribution is -0.261. The molecule has 0 bridgehead atoms. The molecule has 3 nitrogen and oxygen atoms in total. The van der Waals surface area contributed by atoms with Crippen LogP contribution < -0.4 is 0 Å². The normalized spacial score (nSPS) is 54.1. The Morgan fingerprint density at radius 1 is 0.682 bits per heavy atom. The van der Waals surface area contributed by atoms with Crippen molar-refractivity contribution in [3.8, 4) is 0 Å². The lowest BCUT2D eigenvalue weighted by atomic mass is 9.70. The Bertz CT molecular complexity index is 462. The molecule has 1 heterocycles. The number of carbonyl (C=O) groups is 1. The fourth-order valence-electron chi connectivity index (χ4n) is 6.42. The van der Waals surface area contributed by atoms with E-state index >= 15 is 0 Å². The summed E-state index contributed by atoms with van der Waals surface area (Å²) in [6.45, 7) is 0. The highest BCUT2D eigenvalue weighted by atomic mass is 16.6. The molecule has 0 aromatic rings. The zero-order valence-corrected chi connectivity index (χ0v) is 13.4. The van der Waals surface area contributed by atoms with E-state index in [0.29, 0.717) is 35.7 Å². The summed E-state index contributed by atoms with van der Waals surface area (Å²) >= 11 is 0. The number of ketones is 1. The highest BCUT2D eigenvalue weighted by molar-refractivity contribution is 5.86. The van der Waals surface area contributed by atoms with Crippen molar-refractivity contribution >= 4 is 5.78 Å². The molecule has 1 saturated heterocycles. The van der Waals surface area contributed by atoms with Gasteiger partial charge in [-0.3, -0.25) is 4.79 Å². The predicted octanol–water partition coefficient (Wildman–Crippen LogP) is 3.50. The van der Waals surface area contributed by atoms with Crippen LogP contribution in [0.1, 0.15) is 64.2 Å². The van der Waals surface area contributed by atoms with Crippen LogP contribution in [-0.2, 0) is 14.3 Å². The van der Waals surface area contributed by atoms with E-state index in [1.807, 2.05) is 0 Å². The summed E-state index contributed by atoms with van der Waals surface area (Å²) < 4.78 is 13.1. The van der Waals surface area contributed by atoms with Gasteiger partial charge in [0.25, 0.3) is 0 Å². The molecule has 5 rings (SSSR count). The van der Waals surface area contributed by atoms with Crippen molar-refractivity contribution in [2.75, 3.05) is 0 Å². The molecule has 122 valence electrons. The molecular weight excluding hydrogens is 276 g/mol. The third-order valence-corrected chi connectivity index (χ3v) is 7.34. The molecule has 8 unspecified atom stereocenters. The minimum atomic E-state index is 0.218. The van der Waals surface area contributed by atoms with Gasteiger partial charge in [-0.05, 0) is 44.4 Å². The van der Waals surface area contributed by atoms with Gasteiger partial charge < -0.3 is 9.47 Å². The van der Waals surface area contributed by atoms with Gasteiger partial charge in [0.15, 0.2) is 0 Å². The Morgan fingerprint density at radius 3 is 2.27 bits per heavy atom. The monoisotopic (exact) mass is 304 g/mol. The second-order valence-corrected chi connectivity index (χ2v) is 8.35. The first kappa shape index (κ1) is 14.0. The van der Waals surface area contributed by atoms with Crippen LogP contribution in [0.4, 0.5) is 0 Å². The number of fused-ring (bicyclic) bond motifs is 6. The third-order valence-electron chi connectivity index (χ3n) is 7.34. The summed E-state index contributed by atoms with van der Waals surface area (Å²) in [7, 11) is 0. The number of ether oxygens (including phenoxy) is 2. The molecule has 8 atom stereocenters. The minimum Gasteiger partial charge on any atom is -0.370 e. The summed E-state index contributed by atoms with van der Waals surface area (Å²) in [5.74, 6) is 2.30. The summed E-state index contributed by atoms with van der Waals surface area (Å²) in [4.78, 5) is 12.8. The molecule has 0 aromatic carbocycles. The van der Waals surface area contributed by atoms with Crippen LogP contribution in [0.3, 0.4) is 0 Å². The van der Waals surface area contributed by atoms with E-state index in [9.17, 15) is 4.79 Å². The van der Waals surface area contributed by atoms with Crippen molar-refractivity contribution in [2.24, 2.45) is 23.7 Å². The second-order valence-electron chi connectivity index (χ2n) is 8.35. The standard InChI is InChI=1S/C19H28O3/c20-18-12-6-2-1-5-11(12)17-13(18)9-10-16-19(17)22-15-8-4-3-7-14(15)21-16/h11-17,19H,1-10H2. The van der Waals surface area contributed by atoms with Gasteiger partial charge in [-0.15, -0.1) is 0 Å². The maximum atomic E-state index is 12.8. The van der Waals surface area contributed by atoms with E-state index in [0.717, 1.165) is 25.7 Å². The Hall–Kier alpha value is -0.410. The third kappa shape index (κ3) is 1.97. The van der Waals surface area contributed by atoms with Crippen LogP contribution in [-0.4, -0.2) is 30.2 Å². The van der Waals surface area contributed by atoms with Gasteiger partial charge in [-0.1, -0.05) is 25.7 Å². The number of hydrogen-bond acceptors (Lipinski definition) is 3. The van der Waals surface area contributed by atoms with Gasteiger partial charge in [0.2, 0.25) is 0 Å². The molecule has 4 saturated carbocycles. The van der Waals surface area contributed by atoms with E-state index in [1.165, 1.54) is 38.5 Å². The van der Waals surface area contributed by atoms with Crippen molar-refractivity contribution < 1.29 is 14.3 Å². The maximum Gasteiger partial charge on any atom is 0.139 e. The van der Waals surface area contributed by atoms with Gasteiger partial charge in [-0.2, -0.15) is 0 Å². The lowest BCUT2D eigenvalue weighted by Gasteiger charge is -2.50. The molecule has 0 radical (unpaired) electrons. The Labute approximate surface area is 133 Å². The maximum absolute atomic E-state index is 12.8. The Balaban J connectivity index is 1.43. The van der Waals surface area contributed by atoms with E-state index < -0.39 is 0 Å². The zero-order valence-electron chi connectivity index (χ0n) is 13.4. The summed E-state index contributed by atoms with van der Waals surface area (Å²) in [5, 5.41) is 0. The fraction of sp³-hybridized carbons (Fsp3) is 0.947. The summed E-state index contributed by atoms with van der Waals surface area (Å²) in [5.41, 5.74) is 0. The number of Topliss-reactive ketones (excluding diaryl/α,β-unsaturated/α-hetero) is 1. The van der Waals surface area contributed by atoms with Crippen molar-refractivity contribution in [2.45, 2.75) is 88.6 Å². The first-order chi connectivity index (χ1) is 10.8. The van der Waals surface area contributed by atoms with Crippen molar-refractivity contribution in [1.29, 1.82) is 0 Å². The number of hydrogen-bond donors (Lipinski definition) is 0. The SMILES string of the molecule is O=C1C2CCCCC2C2C1CCC1OC3CCCCC3OC12. The molecule has 5 aliphatic rings. The van der Waals surface area contributed by atoms with Crippen LogP contribution in [0, 0.1) is 23.7 Å². The molecule has 0 spiro atoms. The molecule has 4 aliphatic carbocycles. The zero-order chi connectivity index (χ0) is 14.7. The summed E-state index contributed by atoms with van der Waals surface area (Å²) in [6, 6.07) is 0. The van der Waals surface area contributed by atoms with E-state index in [-0.39, 0.29) is 18.1 Å². The van der Waals surface area contributed by atoms with Crippen molar-refractivity contribution in [3.05, 3.63) is 0 Å². The van der Waals surface area contributed by atoms with Crippen LogP contribution in [0.2, 0.25) is 0 Å². The second kappa shape index (κ2) is 5.31.